The normalized spacial score (nSPS) is 13.1. The molecule has 1 aromatic rings. The molecule has 0 aliphatic rings. The first kappa shape index (κ1) is 11.2. The third-order valence-corrected chi connectivity index (χ3v) is 2.30. The van der Waals surface area contributed by atoms with Gasteiger partial charge in [0.25, 0.3) is 0 Å². The topological polar surface area (TPSA) is 29.9 Å². The van der Waals surface area contributed by atoms with E-state index in [4.69, 9.17) is 0 Å². The van der Waals surface area contributed by atoms with Crippen molar-refractivity contribution in [2.24, 2.45) is 0 Å². The summed E-state index contributed by atoms with van der Waals surface area (Å²) in [5.74, 6) is 0. The Bertz CT molecular complexity index is 249. The largest absolute Gasteiger partial charge is 0.312 e. The zero-order chi connectivity index (χ0) is 10.4. The monoisotopic (exact) mass is 195 g/mol. The van der Waals surface area contributed by atoms with Gasteiger partial charge in [-0.25, -0.2) is 0 Å². The van der Waals surface area contributed by atoms with Crippen molar-refractivity contribution in [1.82, 2.24) is 15.1 Å². The van der Waals surface area contributed by atoms with Crippen molar-refractivity contribution in [3.05, 3.63) is 18.0 Å². The number of nitrogens with zero attached hydrogens (tertiary/aromatic N) is 2. The van der Waals surface area contributed by atoms with Crippen molar-refractivity contribution in [3.63, 3.8) is 0 Å². The van der Waals surface area contributed by atoms with E-state index in [1.165, 1.54) is 18.4 Å². The lowest BCUT2D eigenvalue weighted by Gasteiger charge is -2.16. The Morgan fingerprint density at radius 2 is 2.29 bits per heavy atom. The molecular formula is C11H21N3. The van der Waals surface area contributed by atoms with Crippen molar-refractivity contribution in [1.29, 1.82) is 0 Å². The standard InChI is InChI=1S/C11H21N3/c1-4-6-11(12-5-2)9-14-8-10(3)7-13-14/h7-8,11-12H,4-6,9H2,1-3H3. The summed E-state index contributed by atoms with van der Waals surface area (Å²) in [6.45, 7) is 8.46. The van der Waals surface area contributed by atoms with E-state index in [-0.39, 0.29) is 0 Å². The van der Waals surface area contributed by atoms with E-state index in [1.54, 1.807) is 0 Å². The first-order valence-electron chi connectivity index (χ1n) is 5.48. The minimum absolute atomic E-state index is 0.560. The van der Waals surface area contributed by atoms with Crippen LogP contribution >= 0.6 is 0 Å². The van der Waals surface area contributed by atoms with Crippen LogP contribution in [0.5, 0.6) is 0 Å². The first-order valence-corrected chi connectivity index (χ1v) is 5.48. The molecule has 0 saturated heterocycles. The van der Waals surface area contributed by atoms with E-state index in [0.717, 1.165) is 13.1 Å². The van der Waals surface area contributed by atoms with E-state index in [9.17, 15) is 0 Å². The van der Waals surface area contributed by atoms with E-state index >= 15 is 0 Å². The number of hydrogen-bond donors (Lipinski definition) is 1. The lowest BCUT2D eigenvalue weighted by atomic mass is 10.1. The predicted octanol–water partition coefficient (Wildman–Crippen LogP) is 1.97. The van der Waals surface area contributed by atoms with Gasteiger partial charge in [0, 0.05) is 12.2 Å². The van der Waals surface area contributed by atoms with Crippen LogP contribution in [-0.4, -0.2) is 22.4 Å². The Morgan fingerprint density at radius 3 is 2.79 bits per heavy atom. The summed E-state index contributed by atoms with van der Waals surface area (Å²) >= 11 is 0. The van der Waals surface area contributed by atoms with Gasteiger partial charge in [0.1, 0.15) is 0 Å². The zero-order valence-electron chi connectivity index (χ0n) is 9.45. The average molecular weight is 195 g/mol. The summed E-state index contributed by atoms with van der Waals surface area (Å²) in [5.41, 5.74) is 1.23. The summed E-state index contributed by atoms with van der Waals surface area (Å²) in [6, 6.07) is 0.560. The molecule has 0 amide bonds. The highest BCUT2D eigenvalue weighted by atomic mass is 15.3. The summed E-state index contributed by atoms with van der Waals surface area (Å²) in [5, 5.41) is 7.78. The van der Waals surface area contributed by atoms with Gasteiger partial charge in [-0.2, -0.15) is 5.10 Å². The highest BCUT2D eigenvalue weighted by Crippen LogP contribution is 2.01. The number of aromatic nitrogens is 2. The summed E-state index contributed by atoms with van der Waals surface area (Å²) < 4.78 is 2.03. The number of likely N-dealkylation sites (N-methyl/N-ethyl adjacent to an activating group) is 1. The summed E-state index contributed by atoms with van der Waals surface area (Å²) in [6.07, 6.45) is 6.44. The van der Waals surface area contributed by atoms with Crippen LogP contribution < -0.4 is 5.32 Å². The van der Waals surface area contributed by atoms with E-state index in [2.05, 4.69) is 37.4 Å². The quantitative estimate of drug-likeness (QED) is 0.752. The molecular weight excluding hydrogens is 174 g/mol. The van der Waals surface area contributed by atoms with Gasteiger partial charge in [-0.05, 0) is 25.5 Å². The molecule has 1 unspecified atom stereocenters. The summed E-state index contributed by atoms with van der Waals surface area (Å²) in [4.78, 5) is 0. The van der Waals surface area contributed by atoms with Crippen LogP contribution in [0.15, 0.2) is 12.4 Å². The Kier molecular flexibility index (Phi) is 4.66. The Morgan fingerprint density at radius 1 is 1.50 bits per heavy atom. The molecule has 1 rings (SSSR count). The molecule has 14 heavy (non-hydrogen) atoms. The van der Waals surface area contributed by atoms with E-state index < -0.39 is 0 Å². The van der Waals surface area contributed by atoms with Gasteiger partial charge in [0.15, 0.2) is 0 Å². The molecule has 0 aromatic carbocycles. The number of nitrogens with one attached hydrogen (secondary N) is 1. The van der Waals surface area contributed by atoms with Gasteiger partial charge in [-0.1, -0.05) is 20.3 Å². The van der Waals surface area contributed by atoms with Crippen molar-refractivity contribution in [3.8, 4) is 0 Å². The number of rotatable bonds is 6. The molecule has 80 valence electrons. The van der Waals surface area contributed by atoms with Gasteiger partial charge in [-0.3, -0.25) is 4.68 Å². The minimum atomic E-state index is 0.560. The van der Waals surface area contributed by atoms with Crippen LogP contribution in [0, 0.1) is 6.92 Å². The van der Waals surface area contributed by atoms with Crippen molar-refractivity contribution in [2.45, 2.75) is 46.2 Å². The number of aryl methyl sites for hydroxylation is 1. The minimum Gasteiger partial charge on any atom is -0.312 e. The van der Waals surface area contributed by atoms with Crippen molar-refractivity contribution >= 4 is 0 Å². The molecule has 1 atom stereocenters. The van der Waals surface area contributed by atoms with Crippen LogP contribution in [0.1, 0.15) is 32.3 Å². The van der Waals surface area contributed by atoms with Crippen molar-refractivity contribution < 1.29 is 0 Å². The molecule has 0 aliphatic carbocycles. The second kappa shape index (κ2) is 5.81. The maximum Gasteiger partial charge on any atom is 0.0562 e. The molecule has 0 spiro atoms. The molecule has 0 aliphatic heterocycles. The highest BCUT2D eigenvalue weighted by Gasteiger charge is 2.06. The van der Waals surface area contributed by atoms with E-state index in [0.29, 0.717) is 6.04 Å². The summed E-state index contributed by atoms with van der Waals surface area (Å²) in [7, 11) is 0. The van der Waals surface area contributed by atoms with Crippen LogP contribution in [0.25, 0.3) is 0 Å². The fraction of sp³-hybridized carbons (Fsp3) is 0.727. The van der Waals surface area contributed by atoms with Gasteiger partial charge in [0.05, 0.1) is 12.7 Å². The van der Waals surface area contributed by atoms with Gasteiger partial charge < -0.3 is 5.32 Å². The zero-order valence-corrected chi connectivity index (χ0v) is 9.45. The lowest BCUT2D eigenvalue weighted by molar-refractivity contribution is 0.409. The Labute approximate surface area is 86.5 Å². The van der Waals surface area contributed by atoms with Crippen LogP contribution in [0.3, 0.4) is 0 Å². The predicted molar refractivity (Wildman–Crippen MR) is 59.3 cm³/mol. The maximum atomic E-state index is 4.30. The second-order valence-corrected chi connectivity index (χ2v) is 3.78. The molecule has 0 bridgehead atoms. The third kappa shape index (κ3) is 3.50. The fourth-order valence-corrected chi connectivity index (χ4v) is 1.69. The lowest BCUT2D eigenvalue weighted by Crippen LogP contribution is -2.33. The van der Waals surface area contributed by atoms with E-state index in [1.807, 2.05) is 10.9 Å². The number of hydrogen-bond acceptors (Lipinski definition) is 2. The highest BCUT2D eigenvalue weighted by molar-refractivity contribution is 4.99. The SMILES string of the molecule is CCCC(Cn1cc(C)cn1)NCC. The molecule has 3 nitrogen and oxygen atoms in total. The molecule has 1 N–H and O–H groups in total. The van der Waals surface area contributed by atoms with Gasteiger partial charge >= 0.3 is 0 Å². The maximum absolute atomic E-state index is 4.30. The van der Waals surface area contributed by atoms with Crippen molar-refractivity contribution in [2.75, 3.05) is 6.54 Å². The first-order chi connectivity index (χ1) is 6.76. The van der Waals surface area contributed by atoms with Gasteiger partial charge in [0.2, 0.25) is 0 Å². The molecule has 0 saturated carbocycles. The van der Waals surface area contributed by atoms with Crippen LogP contribution in [0.2, 0.25) is 0 Å². The Hall–Kier alpha value is -0.830. The average Bonchev–Trinajstić information content (AvgIpc) is 2.52. The smallest absolute Gasteiger partial charge is 0.0562 e. The second-order valence-electron chi connectivity index (χ2n) is 3.78. The van der Waals surface area contributed by atoms with Crippen LogP contribution in [-0.2, 0) is 6.54 Å². The molecule has 1 heterocycles. The molecule has 3 heteroatoms. The van der Waals surface area contributed by atoms with Crippen LogP contribution in [0.4, 0.5) is 0 Å². The molecule has 0 radical (unpaired) electrons. The van der Waals surface area contributed by atoms with Gasteiger partial charge in [-0.15, -0.1) is 0 Å². The Balaban J connectivity index is 2.46. The molecule has 1 aromatic heterocycles. The third-order valence-electron chi connectivity index (χ3n) is 2.30. The fourth-order valence-electron chi connectivity index (χ4n) is 1.69. The molecule has 0 fully saturated rings.